The SMILES string of the molecule is CCCCCc1ccc(NC(=O)c2n[nH]c(CC)n2)cc1. The average Bonchev–Trinajstić information content (AvgIpc) is 2.98. The van der Waals surface area contributed by atoms with Crippen LogP contribution in [0.25, 0.3) is 0 Å². The maximum absolute atomic E-state index is 12.0. The first kappa shape index (κ1) is 15.2. The first-order valence-corrected chi connectivity index (χ1v) is 7.54. The number of hydrogen-bond donors (Lipinski definition) is 2. The van der Waals surface area contributed by atoms with E-state index in [2.05, 4.69) is 39.6 Å². The molecule has 1 aromatic heterocycles. The Balaban J connectivity index is 1.91. The molecule has 1 heterocycles. The standard InChI is InChI=1S/C16H22N4O/c1-3-5-6-7-12-8-10-13(11-9-12)17-16(21)15-18-14(4-2)19-20-15/h8-11H,3-7H2,1-2H3,(H,17,21)(H,18,19,20). The molecule has 0 atom stereocenters. The third kappa shape index (κ3) is 4.41. The topological polar surface area (TPSA) is 70.7 Å². The van der Waals surface area contributed by atoms with E-state index < -0.39 is 0 Å². The molecule has 2 rings (SSSR count). The molecule has 1 amide bonds. The molecule has 0 unspecified atom stereocenters. The molecule has 2 aromatic rings. The number of aromatic nitrogens is 3. The Morgan fingerprint density at radius 1 is 1.19 bits per heavy atom. The Morgan fingerprint density at radius 3 is 2.57 bits per heavy atom. The number of benzene rings is 1. The highest BCUT2D eigenvalue weighted by molar-refractivity contribution is 6.01. The molecule has 0 aliphatic heterocycles. The summed E-state index contributed by atoms with van der Waals surface area (Å²) in [7, 11) is 0. The molecule has 1 aromatic carbocycles. The number of aromatic amines is 1. The van der Waals surface area contributed by atoms with Crippen LogP contribution in [0.4, 0.5) is 5.69 Å². The van der Waals surface area contributed by atoms with Crippen molar-refractivity contribution in [2.45, 2.75) is 46.0 Å². The van der Waals surface area contributed by atoms with Crippen LogP contribution in [0.3, 0.4) is 0 Å². The van der Waals surface area contributed by atoms with Crippen molar-refractivity contribution in [3.8, 4) is 0 Å². The molecular formula is C16H22N4O. The van der Waals surface area contributed by atoms with Crippen LogP contribution in [0.1, 0.15) is 55.1 Å². The molecule has 0 fully saturated rings. The van der Waals surface area contributed by atoms with E-state index in [9.17, 15) is 4.79 Å². The van der Waals surface area contributed by atoms with Crippen molar-refractivity contribution in [2.75, 3.05) is 5.32 Å². The van der Waals surface area contributed by atoms with Crippen LogP contribution in [0.2, 0.25) is 0 Å². The van der Waals surface area contributed by atoms with Crippen LogP contribution in [0.5, 0.6) is 0 Å². The molecule has 5 nitrogen and oxygen atoms in total. The van der Waals surface area contributed by atoms with Crippen LogP contribution >= 0.6 is 0 Å². The number of carbonyl (C=O) groups is 1. The number of amides is 1. The van der Waals surface area contributed by atoms with Gasteiger partial charge in [0.15, 0.2) is 0 Å². The van der Waals surface area contributed by atoms with Gasteiger partial charge in [-0.2, -0.15) is 0 Å². The Bertz CT molecular complexity index is 574. The number of aryl methyl sites for hydroxylation is 2. The van der Waals surface area contributed by atoms with Gasteiger partial charge in [-0.15, -0.1) is 5.10 Å². The van der Waals surface area contributed by atoms with Gasteiger partial charge in [-0.1, -0.05) is 38.8 Å². The number of anilines is 1. The molecule has 0 spiro atoms. The summed E-state index contributed by atoms with van der Waals surface area (Å²) < 4.78 is 0. The van der Waals surface area contributed by atoms with Crippen molar-refractivity contribution in [1.29, 1.82) is 0 Å². The van der Waals surface area contributed by atoms with Crippen molar-refractivity contribution in [1.82, 2.24) is 15.2 Å². The lowest BCUT2D eigenvalue weighted by Crippen LogP contribution is -2.13. The Kier molecular flexibility index (Phi) is 5.49. The molecule has 5 heteroatoms. The second-order valence-corrected chi connectivity index (χ2v) is 5.07. The fraction of sp³-hybridized carbons (Fsp3) is 0.438. The summed E-state index contributed by atoms with van der Waals surface area (Å²) in [5.41, 5.74) is 2.06. The number of carbonyl (C=O) groups excluding carboxylic acids is 1. The summed E-state index contributed by atoms with van der Waals surface area (Å²) >= 11 is 0. The van der Waals surface area contributed by atoms with Gasteiger partial charge in [-0.05, 0) is 30.5 Å². The molecule has 0 bridgehead atoms. The van der Waals surface area contributed by atoms with E-state index in [0.29, 0.717) is 5.82 Å². The first-order valence-electron chi connectivity index (χ1n) is 7.54. The zero-order valence-corrected chi connectivity index (χ0v) is 12.6. The predicted molar refractivity (Wildman–Crippen MR) is 83.4 cm³/mol. The van der Waals surface area contributed by atoms with E-state index >= 15 is 0 Å². The summed E-state index contributed by atoms with van der Waals surface area (Å²) in [6.07, 6.45) is 5.50. The maximum Gasteiger partial charge on any atom is 0.295 e. The fourth-order valence-electron chi connectivity index (χ4n) is 2.08. The number of nitrogens with zero attached hydrogens (tertiary/aromatic N) is 2. The van der Waals surface area contributed by atoms with Gasteiger partial charge in [-0.25, -0.2) is 4.98 Å². The summed E-state index contributed by atoms with van der Waals surface area (Å²) in [5, 5.41) is 9.45. The third-order valence-corrected chi connectivity index (χ3v) is 3.35. The molecule has 0 saturated carbocycles. The van der Waals surface area contributed by atoms with Gasteiger partial charge in [-0.3, -0.25) is 9.89 Å². The lowest BCUT2D eigenvalue weighted by Gasteiger charge is -2.05. The maximum atomic E-state index is 12.0. The highest BCUT2D eigenvalue weighted by Gasteiger charge is 2.11. The van der Waals surface area contributed by atoms with E-state index in [-0.39, 0.29) is 11.7 Å². The van der Waals surface area contributed by atoms with E-state index in [4.69, 9.17) is 0 Å². The van der Waals surface area contributed by atoms with Crippen LogP contribution in [-0.2, 0) is 12.8 Å². The number of H-pyrrole nitrogens is 1. The van der Waals surface area contributed by atoms with Crippen molar-refractivity contribution in [3.63, 3.8) is 0 Å². The van der Waals surface area contributed by atoms with Gasteiger partial charge < -0.3 is 5.32 Å². The van der Waals surface area contributed by atoms with Gasteiger partial charge in [0.25, 0.3) is 5.91 Å². The third-order valence-electron chi connectivity index (χ3n) is 3.35. The number of nitrogens with one attached hydrogen (secondary N) is 2. The van der Waals surface area contributed by atoms with Crippen molar-refractivity contribution in [3.05, 3.63) is 41.5 Å². The summed E-state index contributed by atoms with van der Waals surface area (Å²) in [4.78, 5) is 16.1. The van der Waals surface area contributed by atoms with Crippen LogP contribution in [0, 0.1) is 0 Å². The molecule has 112 valence electrons. The monoisotopic (exact) mass is 286 g/mol. The highest BCUT2D eigenvalue weighted by atomic mass is 16.2. The smallest absolute Gasteiger partial charge is 0.295 e. The van der Waals surface area contributed by atoms with E-state index in [0.717, 1.165) is 18.5 Å². The minimum Gasteiger partial charge on any atom is -0.319 e. The Morgan fingerprint density at radius 2 is 1.95 bits per heavy atom. The Labute approximate surface area is 125 Å². The second kappa shape index (κ2) is 7.57. The molecule has 2 N–H and O–H groups in total. The first-order chi connectivity index (χ1) is 10.2. The zero-order chi connectivity index (χ0) is 15.1. The van der Waals surface area contributed by atoms with Gasteiger partial charge in [0, 0.05) is 12.1 Å². The predicted octanol–water partition coefficient (Wildman–Crippen LogP) is 3.35. The zero-order valence-electron chi connectivity index (χ0n) is 12.6. The van der Waals surface area contributed by atoms with Crippen molar-refractivity contribution < 1.29 is 4.79 Å². The number of hydrogen-bond acceptors (Lipinski definition) is 3. The summed E-state index contributed by atoms with van der Waals surface area (Å²) in [6, 6.07) is 7.96. The lowest BCUT2D eigenvalue weighted by molar-refractivity contribution is 0.101. The summed E-state index contributed by atoms with van der Waals surface area (Å²) in [6.45, 7) is 4.16. The molecular weight excluding hydrogens is 264 g/mol. The van der Waals surface area contributed by atoms with Crippen molar-refractivity contribution in [2.24, 2.45) is 0 Å². The molecule has 0 aliphatic rings. The lowest BCUT2D eigenvalue weighted by atomic mass is 10.1. The van der Waals surface area contributed by atoms with Gasteiger partial charge in [0.2, 0.25) is 5.82 Å². The second-order valence-electron chi connectivity index (χ2n) is 5.07. The normalized spacial score (nSPS) is 10.6. The summed E-state index contributed by atoms with van der Waals surface area (Å²) in [5.74, 6) is 0.606. The van der Waals surface area contributed by atoms with E-state index in [1.165, 1.54) is 24.8 Å². The molecule has 0 aliphatic carbocycles. The number of rotatable bonds is 7. The Hall–Kier alpha value is -2.17. The van der Waals surface area contributed by atoms with Crippen LogP contribution in [-0.4, -0.2) is 21.1 Å². The fourth-order valence-corrected chi connectivity index (χ4v) is 2.08. The van der Waals surface area contributed by atoms with Crippen molar-refractivity contribution >= 4 is 11.6 Å². The molecule has 0 saturated heterocycles. The molecule has 0 radical (unpaired) electrons. The minimum absolute atomic E-state index is 0.180. The quantitative estimate of drug-likeness (QED) is 0.767. The molecule has 21 heavy (non-hydrogen) atoms. The van der Waals surface area contributed by atoms with Gasteiger partial charge in [0.05, 0.1) is 0 Å². The van der Waals surface area contributed by atoms with E-state index in [1.807, 2.05) is 19.1 Å². The highest BCUT2D eigenvalue weighted by Crippen LogP contribution is 2.13. The largest absolute Gasteiger partial charge is 0.319 e. The minimum atomic E-state index is -0.287. The van der Waals surface area contributed by atoms with Gasteiger partial charge >= 0.3 is 0 Å². The van der Waals surface area contributed by atoms with Crippen LogP contribution < -0.4 is 5.32 Å². The van der Waals surface area contributed by atoms with Gasteiger partial charge in [0.1, 0.15) is 5.82 Å². The van der Waals surface area contributed by atoms with E-state index in [1.54, 1.807) is 0 Å². The number of unbranched alkanes of at least 4 members (excludes halogenated alkanes) is 2. The average molecular weight is 286 g/mol. The van der Waals surface area contributed by atoms with Crippen LogP contribution in [0.15, 0.2) is 24.3 Å².